The van der Waals surface area contributed by atoms with Crippen LogP contribution in [-0.4, -0.2) is 25.4 Å². The lowest BCUT2D eigenvalue weighted by Gasteiger charge is -2.19. The van der Waals surface area contributed by atoms with Crippen LogP contribution in [0.5, 0.6) is 5.75 Å². The van der Waals surface area contributed by atoms with Crippen LogP contribution in [-0.2, 0) is 11.3 Å². The topological polar surface area (TPSA) is 30.5 Å². The van der Waals surface area contributed by atoms with Gasteiger partial charge in [-0.1, -0.05) is 6.92 Å². The van der Waals surface area contributed by atoms with Crippen molar-refractivity contribution in [3.63, 3.8) is 0 Å². The first-order chi connectivity index (χ1) is 8.90. The van der Waals surface area contributed by atoms with E-state index in [1.807, 2.05) is 33.8 Å². The highest BCUT2D eigenvalue weighted by Crippen LogP contribution is 2.16. The van der Waals surface area contributed by atoms with Crippen molar-refractivity contribution in [2.75, 3.05) is 19.8 Å². The standard InChI is InChI=1S/C15H24FNO2/c1-5-17-11-12-8-13(16)10-14(9-12)18-6-7-19-15(2,3)4/h8-10,17H,5-7,11H2,1-4H3. The molecule has 0 amide bonds. The van der Waals surface area contributed by atoms with Crippen LogP contribution in [0.1, 0.15) is 33.3 Å². The number of rotatable bonds is 7. The van der Waals surface area contributed by atoms with Crippen LogP contribution >= 0.6 is 0 Å². The predicted octanol–water partition coefficient (Wildman–Crippen LogP) is 3.13. The summed E-state index contributed by atoms with van der Waals surface area (Å²) in [5.74, 6) is 0.271. The van der Waals surface area contributed by atoms with E-state index in [1.165, 1.54) is 12.1 Å². The fourth-order valence-electron chi connectivity index (χ4n) is 1.58. The summed E-state index contributed by atoms with van der Waals surface area (Å²) in [6.45, 7) is 10.4. The summed E-state index contributed by atoms with van der Waals surface area (Å²) in [5, 5.41) is 3.16. The fraction of sp³-hybridized carbons (Fsp3) is 0.600. The first kappa shape index (κ1) is 15.9. The molecule has 1 aromatic carbocycles. The van der Waals surface area contributed by atoms with E-state index in [-0.39, 0.29) is 11.4 Å². The molecule has 0 spiro atoms. The minimum absolute atomic E-state index is 0.179. The molecule has 0 heterocycles. The van der Waals surface area contributed by atoms with Crippen molar-refractivity contribution in [1.29, 1.82) is 0 Å². The van der Waals surface area contributed by atoms with E-state index in [1.54, 1.807) is 0 Å². The van der Waals surface area contributed by atoms with Crippen LogP contribution in [0.4, 0.5) is 4.39 Å². The molecule has 0 radical (unpaired) electrons. The molecule has 0 saturated carbocycles. The van der Waals surface area contributed by atoms with Crippen molar-refractivity contribution < 1.29 is 13.9 Å². The molecule has 108 valence electrons. The highest BCUT2D eigenvalue weighted by Gasteiger charge is 2.09. The Morgan fingerprint density at radius 3 is 2.53 bits per heavy atom. The lowest BCUT2D eigenvalue weighted by molar-refractivity contribution is -0.0163. The van der Waals surface area contributed by atoms with Gasteiger partial charge in [0.15, 0.2) is 0 Å². The van der Waals surface area contributed by atoms with E-state index in [0.717, 1.165) is 12.1 Å². The Labute approximate surface area is 115 Å². The smallest absolute Gasteiger partial charge is 0.127 e. The monoisotopic (exact) mass is 269 g/mol. The number of ether oxygens (including phenoxy) is 2. The van der Waals surface area contributed by atoms with Crippen LogP contribution < -0.4 is 10.1 Å². The maximum atomic E-state index is 13.4. The summed E-state index contributed by atoms with van der Waals surface area (Å²) in [6.07, 6.45) is 0. The number of hydrogen-bond acceptors (Lipinski definition) is 3. The van der Waals surface area contributed by atoms with E-state index >= 15 is 0 Å². The molecule has 1 rings (SSSR count). The van der Waals surface area contributed by atoms with E-state index in [2.05, 4.69) is 5.32 Å². The second kappa shape index (κ2) is 7.46. The lowest BCUT2D eigenvalue weighted by Crippen LogP contribution is -2.22. The van der Waals surface area contributed by atoms with Gasteiger partial charge < -0.3 is 14.8 Å². The molecule has 4 heteroatoms. The summed E-state index contributed by atoms with van der Waals surface area (Å²) >= 11 is 0. The molecule has 0 aliphatic carbocycles. The van der Waals surface area contributed by atoms with Crippen molar-refractivity contribution in [3.8, 4) is 5.75 Å². The molecular weight excluding hydrogens is 245 g/mol. The molecule has 0 aliphatic heterocycles. The molecule has 0 unspecified atom stereocenters. The van der Waals surface area contributed by atoms with Gasteiger partial charge in [0.05, 0.1) is 12.2 Å². The zero-order valence-corrected chi connectivity index (χ0v) is 12.3. The molecule has 1 aromatic rings. The van der Waals surface area contributed by atoms with Gasteiger partial charge in [-0.2, -0.15) is 0 Å². The van der Waals surface area contributed by atoms with Crippen LogP contribution in [0, 0.1) is 5.82 Å². The number of hydrogen-bond donors (Lipinski definition) is 1. The Balaban J connectivity index is 2.46. The van der Waals surface area contributed by atoms with Crippen molar-refractivity contribution in [3.05, 3.63) is 29.6 Å². The predicted molar refractivity (Wildman–Crippen MR) is 75.0 cm³/mol. The van der Waals surface area contributed by atoms with Crippen molar-refractivity contribution in [2.45, 2.75) is 39.8 Å². The second-order valence-electron chi connectivity index (χ2n) is 5.38. The van der Waals surface area contributed by atoms with Crippen LogP contribution in [0.15, 0.2) is 18.2 Å². The first-order valence-electron chi connectivity index (χ1n) is 6.67. The summed E-state index contributed by atoms with van der Waals surface area (Å²) < 4.78 is 24.5. The molecule has 0 saturated heterocycles. The molecule has 0 bridgehead atoms. The minimum Gasteiger partial charge on any atom is -0.491 e. The van der Waals surface area contributed by atoms with Crippen molar-refractivity contribution in [1.82, 2.24) is 5.32 Å². The van der Waals surface area contributed by atoms with Gasteiger partial charge in [0.2, 0.25) is 0 Å². The molecule has 1 N–H and O–H groups in total. The van der Waals surface area contributed by atoms with Gasteiger partial charge in [0.25, 0.3) is 0 Å². The maximum Gasteiger partial charge on any atom is 0.127 e. The Kier molecular flexibility index (Phi) is 6.25. The van der Waals surface area contributed by atoms with Crippen LogP contribution in [0.3, 0.4) is 0 Å². The zero-order valence-electron chi connectivity index (χ0n) is 12.3. The van der Waals surface area contributed by atoms with Gasteiger partial charge in [0, 0.05) is 12.6 Å². The van der Waals surface area contributed by atoms with Gasteiger partial charge in [0.1, 0.15) is 18.2 Å². The van der Waals surface area contributed by atoms with Gasteiger partial charge >= 0.3 is 0 Å². The van der Waals surface area contributed by atoms with Crippen molar-refractivity contribution in [2.24, 2.45) is 0 Å². The largest absolute Gasteiger partial charge is 0.491 e. The lowest BCUT2D eigenvalue weighted by atomic mass is 10.2. The van der Waals surface area contributed by atoms with Gasteiger partial charge in [-0.15, -0.1) is 0 Å². The quantitative estimate of drug-likeness (QED) is 0.771. The van der Waals surface area contributed by atoms with Crippen LogP contribution in [0.25, 0.3) is 0 Å². The fourth-order valence-corrected chi connectivity index (χ4v) is 1.58. The summed E-state index contributed by atoms with van der Waals surface area (Å²) in [7, 11) is 0. The van der Waals surface area contributed by atoms with Gasteiger partial charge in [-0.3, -0.25) is 0 Å². The van der Waals surface area contributed by atoms with Crippen molar-refractivity contribution >= 4 is 0 Å². The Hall–Kier alpha value is -1.13. The highest BCUT2D eigenvalue weighted by atomic mass is 19.1. The Bertz CT molecular complexity index is 388. The van der Waals surface area contributed by atoms with E-state index in [0.29, 0.717) is 25.5 Å². The van der Waals surface area contributed by atoms with E-state index in [9.17, 15) is 4.39 Å². The molecule has 0 fully saturated rings. The Morgan fingerprint density at radius 2 is 1.89 bits per heavy atom. The first-order valence-corrected chi connectivity index (χ1v) is 6.67. The highest BCUT2D eigenvalue weighted by molar-refractivity contribution is 5.29. The van der Waals surface area contributed by atoms with E-state index in [4.69, 9.17) is 9.47 Å². The normalized spacial score (nSPS) is 11.6. The number of nitrogens with one attached hydrogen (secondary N) is 1. The third-order valence-electron chi connectivity index (χ3n) is 2.40. The third kappa shape index (κ3) is 7.13. The minimum atomic E-state index is -0.276. The number of benzene rings is 1. The molecular formula is C15H24FNO2. The second-order valence-corrected chi connectivity index (χ2v) is 5.38. The summed E-state index contributed by atoms with van der Waals surface area (Å²) in [6, 6.07) is 4.76. The summed E-state index contributed by atoms with van der Waals surface area (Å²) in [5.41, 5.74) is 0.704. The molecule has 0 aromatic heterocycles. The Morgan fingerprint density at radius 1 is 1.16 bits per heavy atom. The molecule has 0 aliphatic rings. The molecule has 0 atom stereocenters. The number of halogens is 1. The SMILES string of the molecule is CCNCc1cc(F)cc(OCCOC(C)(C)C)c1. The average Bonchev–Trinajstić information content (AvgIpc) is 2.30. The average molecular weight is 269 g/mol. The van der Waals surface area contributed by atoms with Crippen LogP contribution in [0.2, 0.25) is 0 Å². The maximum absolute atomic E-state index is 13.4. The van der Waals surface area contributed by atoms with Gasteiger partial charge in [-0.05, 0) is 45.0 Å². The summed E-state index contributed by atoms with van der Waals surface area (Å²) in [4.78, 5) is 0. The van der Waals surface area contributed by atoms with E-state index < -0.39 is 0 Å². The van der Waals surface area contributed by atoms with Gasteiger partial charge in [-0.25, -0.2) is 4.39 Å². The molecule has 19 heavy (non-hydrogen) atoms. The third-order valence-corrected chi connectivity index (χ3v) is 2.40. The zero-order chi connectivity index (χ0) is 14.3. The molecule has 3 nitrogen and oxygen atoms in total.